The van der Waals surface area contributed by atoms with E-state index in [4.69, 9.17) is 4.84 Å². The highest BCUT2D eigenvalue weighted by molar-refractivity contribution is 6.45. The van der Waals surface area contributed by atoms with Crippen LogP contribution < -0.4 is 10.9 Å². The van der Waals surface area contributed by atoms with Crippen LogP contribution in [0.15, 0.2) is 47.1 Å². The van der Waals surface area contributed by atoms with Crippen molar-refractivity contribution in [2.24, 2.45) is 4.99 Å². The molecule has 3 rings (SSSR count). The summed E-state index contributed by atoms with van der Waals surface area (Å²) in [5, 5.41) is 4.29. The van der Waals surface area contributed by atoms with Gasteiger partial charge in [-0.05, 0) is 25.0 Å². The number of likely N-dealkylation sites (N-methyl/N-ethyl adjacent to an activating group) is 1. The monoisotopic (exact) mass is 384 g/mol. The van der Waals surface area contributed by atoms with Gasteiger partial charge in [0, 0.05) is 24.7 Å². The maximum absolute atomic E-state index is 12.9. The van der Waals surface area contributed by atoms with E-state index in [1.807, 2.05) is 0 Å². The molecule has 2 amide bonds. The zero-order valence-electron chi connectivity index (χ0n) is 15.8. The van der Waals surface area contributed by atoms with Crippen molar-refractivity contribution in [3.8, 4) is 0 Å². The highest BCUT2D eigenvalue weighted by Gasteiger charge is 2.27. The molecular weight excluding hydrogens is 360 g/mol. The third-order valence-corrected chi connectivity index (χ3v) is 4.78. The minimum Gasteiger partial charge on any atom is -0.348 e. The van der Waals surface area contributed by atoms with Crippen LogP contribution in [0.1, 0.15) is 48.9 Å². The molecule has 1 aliphatic heterocycles. The Morgan fingerprint density at radius 2 is 1.86 bits per heavy atom. The lowest BCUT2D eigenvalue weighted by atomic mass is 10.1. The number of nitrogens with zero attached hydrogens (tertiary/aromatic N) is 2. The molecule has 0 bridgehead atoms. The van der Waals surface area contributed by atoms with Crippen molar-refractivity contribution in [3.63, 3.8) is 0 Å². The van der Waals surface area contributed by atoms with Gasteiger partial charge >= 0.3 is 5.97 Å². The maximum atomic E-state index is 12.9. The Kier molecular flexibility index (Phi) is 6.54. The largest absolute Gasteiger partial charge is 0.376 e. The third-order valence-electron chi connectivity index (χ3n) is 4.78. The topological polar surface area (TPSA) is 100 Å². The molecule has 0 spiro atoms. The first-order valence-corrected chi connectivity index (χ1v) is 9.46. The van der Waals surface area contributed by atoms with Gasteiger partial charge in [0.2, 0.25) is 0 Å². The lowest BCUT2D eigenvalue weighted by Crippen LogP contribution is -2.39. The molecule has 0 aromatic heterocycles. The summed E-state index contributed by atoms with van der Waals surface area (Å²) >= 11 is 0. The van der Waals surface area contributed by atoms with Crippen LogP contribution in [-0.2, 0) is 14.4 Å². The summed E-state index contributed by atoms with van der Waals surface area (Å²) in [7, 11) is 1.57. The van der Waals surface area contributed by atoms with Gasteiger partial charge in [-0.2, -0.15) is 0 Å². The molecule has 0 radical (unpaired) electrons. The first kappa shape index (κ1) is 19.8. The Bertz CT molecular complexity index is 796. The lowest BCUT2D eigenvalue weighted by molar-refractivity contribution is -0.142. The number of amides is 2. The lowest BCUT2D eigenvalue weighted by Gasteiger charge is -2.16. The van der Waals surface area contributed by atoms with Crippen LogP contribution in [-0.4, -0.2) is 41.6 Å². The molecule has 8 nitrogen and oxygen atoms in total. The van der Waals surface area contributed by atoms with E-state index in [0.717, 1.165) is 38.5 Å². The summed E-state index contributed by atoms with van der Waals surface area (Å²) in [5.74, 6) is -1.67. The van der Waals surface area contributed by atoms with Crippen LogP contribution >= 0.6 is 0 Å². The smallest absolute Gasteiger partial charge is 0.348 e. The van der Waals surface area contributed by atoms with Gasteiger partial charge in [0.25, 0.3) is 11.8 Å². The van der Waals surface area contributed by atoms with Gasteiger partial charge in [-0.25, -0.2) is 9.79 Å². The van der Waals surface area contributed by atoms with E-state index in [2.05, 4.69) is 15.9 Å². The number of carbonyl (C=O) groups is 3. The number of hydrogen-bond donors (Lipinski definition) is 2. The van der Waals surface area contributed by atoms with Crippen molar-refractivity contribution in [3.05, 3.63) is 47.7 Å². The molecule has 1 saturated carbocycles. The van der Waals surface area contributed by atoms with E-state index in [1.165, 1.54) is 11.1 Å². The van der Waals surface area contributed by atoms with Gasteiger partial charge in [-0.15, -0.1) is 0 Å². The van der Waals surface area contributed by atoms with Gasteiger partial charge in [0.1, 0.15) is 11.4 Å². The number of hydrazine groups is 1. The predicted octanol–water partition coefficient (Wildman–Crippen LogP) is 1.90. The van der Waals surface area contributed by atoms with Gasteiger partial charge in [0.05, 0.1) is 0 Å². The zero-order chi connectivity index (χ0) is 19.9. The Hall–Kier alpha value is -3.00. The standard InChI is InChI=1S/C20H24N4O4/c1-24-17(20(27)28-23-24)13-16(22-18(25)14-9-5-4-6-10-14)19(26)21-15-11-7-2-3-8-12-15/h4-6,9-10,13,15,23H,2-3,7-8,11-12H2,1H3,(H,21,26)/b17-13+,22-16?. The SMILES string of the molecule is CN1NOC(=O)/C1=C\C(=NC(=O)c1ccccc1)C(=O)NC1CCCCCC1. The van der Waals surface area contributed by atoms with E-state index in [1.54, 1.807) is 37.4 Å². The quantitative estimate of drug-likeness (QED) is 0.467. The molecule has 8 heteroatoms. The van der Waals surface area contributed by atoms with E-state index < -0.39 is 17.8 Å². The van der Waals surface area contributed by atoms with Gasteiger partial charge < -0.3 is 10.2 Å². The van der Waals surface area contributed by atoms with Crippen LogP contribution in [0, 0.1) is 0 Å². The summed E-state index contributed by atoms with van der Waals surface area (Å²) in [4.78, 5) is 45.9. The van der Waals surface area contributed by atoms with E-state index in [-0.39, 0.29) is 17.5 Å². The van der Waals surface area contributed by atoms with E-state index in [9.17, 15) is 14.4 Å². The average molecular weight is 384 g/mol. The van der Waals surface area contributed by atoms with Gasteiger partial charge in [0.15, 0.2) is 0 Å². The zero-order valence-corrected chi connectivity index (χ0v) is 15.8. The van der Waals surface area contributed by atoms with Crippen LogP contribution in [0.5, 0.6) is 0 Å². The number of nitrogens with one attached hydrogen (secondary N) is 2. The summed E-state index contributed by atoms with van der Waals surface area (Å²) in [6.07, 6.45) is 7.49. The second-order valence-electron chi connectivity index (χ2n) is 6.90. The molecule has 2 N–H and O–H groups in total. The molecule has 1 aromatic carbocycles. The van der Waals surface area contributed by atoms with Crippen molar-refractivity contribution in [2.45, 2.75) is 44.6 Å². The molecule has 2 fully saturated rings. The fourth-order valence-corrected chi connectivity index (χ4v) is 3.22. The molecule has 1 aliphatic carbocycles. The van der Waals surface area contributed by atoms with Crippen molar-refractivity contribution in [2.75, 3.05) is 7.05 Å². The first-order chi connectivity index (χ1) is 13.5. The normalized spacial score (nSPS) is 20.0. The highest BCUT2D eigenvalue weighted by atomic mass is 16.7. The number of rotatable bonds is 4. The number of hydrogen-bond acceptors (Lipinski definition) is 6. The Balaban J connectivity index is 1.86. The molecule has 0 atom stereocenters. The predicted molar refractivity (Wildman–Crippen MR) is 103 cm³/mol. The van der Waals surface area contributed by atoms with Crippen LogP contribution in [0.3, 0.4) is 0 Å². The molecule has 28 heavy (non-hydrogen) atoms. The van der Waals surface area contributed by atoms with Gasteiger partial charge in [-0.3, -0.25) is 14.6 Å². The summed E-state index contributed by atoms with van der Waals surface area (Å²) in [5.41, 5.74) is 2.71. The van der Waals surface area contributed by atoms with Gasteiger partial charge in [-0.1, -0.05) is 49.5 Å². The second-order valence-corrected chi connectivity index (χ2v) is 6.90. The van der Waals surface area contributed by atoms with E-state index in [0.29, 0.717) is 5.56 Å². The Labute approximate surface area is 163 Å². The molecule has 1 heterocycles. The number of carbonyl (C=O) groups excluding carboxylic acids is 3. The molecule has 0 unspecified atom stereocenters. The van der Waals surface area contributed by atoms with Crippen LogP contribution in [0.2, 0.25) is 0 Å². The maximum Gasteiger partial charge on any atom is 0.376 e. The number of benzene rings is 1. The van der Waals surface area contributed by atoms with Crippen molar-refractivity contribution >= 4 is 23.5 Å². The highest BCUT2D eigenvalue weighted by Crippen LogP contribution is 2.17. The van der Waals surface area contributed by atoms with Crippen LogP contribution in [0.25, 0.3) is 0 Å². The Morgan fingerprint density at radius 1 is 1.18 bits per heavy atom. The number of aliphatic imine (C=N–C) groups is 1. The molecule has 148 valence electrons. The molecule has 2 aliphatic rings. The average Bonchev–Trinajstić information content (AvgIpc) is 2.89. The molecular formula is C20H24N4O4. The summed E-state index contributed by atoms with van der Waals surface area (Å²) in [6.45, 7) is 0. The molecule has 1 aromatic rings. The fourth-order valence-electron chi connectivity index (χ4n) is 3.22. The second kappa shape index (κ2) is 9.27. The van der Waals surface area contributed by atoms with E-state index >= 15 is 0 Å². The van der Waals surface area contributed by atoms with Crippen molar-refractivity contribution in [1.29, 1.82) is 0 Å². The summed E-state index contributed by atoms with van der Waals surface area (Å²) < 4.78 is 0. The Morgan fingerprint density at radius 3 is 2.46 bits per heavy atom. The first-order valence-electron chi connectivity index (χ1n) is 9.46. The molecule has 1 saturated heterocycles. The third kappa shape index (κ3) is 5.04. The van der Waals surface area contributed by atoms with Crippen molar-refractivity contribution < 1.29 is 19.2 Å². The fraction of sp³-hybridized carbons (Fsp3) is 0.400. The summed E-state index contributed by atoms with van der Waals surface area (Å²) in [6, 6.07) is 8.51. The van der Waals surface area contributed by atoms with Crippen molar-refractivity contribution in [1.82, 2.24) is 15.9 Å². The minimum atomic E-state index is -0.648. The van der Waals surface area contributed by atoms with Crippen LogP contribution in [0.4, 0.5) is 0 Å². The minimum absolute atomic E-state index is 0.0387.